The van der Waals surface area contributed by atoms with Crippen LogP contribution in [0.25, 0.3) is 6.08 Å². The summed E-state index contributed by atoms with van der Waals surface area (Å²) in [6.07, 6.45) is 12.9. The van der Waals surface area contributed by atoms with Crippen LogP contribution in [0.3, 0.4) is 0 Å². The lowest BCUT2D eigenvalue weighted by atomic mass is 9.95. The van der Waals surface area contributed by atoms with E-state index in [9.17, 15) is 0 Å². The molecular weight excluding hydrogens is 432 g/mol. The van der Waals surface area contributed by atoms with Crippen LogP contribution in [0.5, 0.6) is 0 Å². The Morgan fingerprint density at radius 1 is 0.857 bits per heavy atom. The van der Waals surface area contributed by atoms with Gasteiger partial charge in [-0.25, -0.2) is 4.68 Å². The van der Waals surface area contributed by atoms with Crippen LogP contribution in [-0.4, -0.2) is 62.7 Å². The molecule has 1 aliphatic heterocycles. The molecule has 1 saturated carbocycles. The van der Waals surface area contributed by atoms with E-state index in [1.807, 2.05) is 0 Å². The molecular formula is C29H38N6. The van der Waals surface area contributed by atoms with Gasteiger partial charge < -0.3 is 0 Å². The van der Waals surface area contributed by atoms with Gasteiger partial charge >= 0.3 is 0 Å². The van der Waals surface area contributed by atoms with Crippen LogP contribution < -0.4 is 0 Å². The zero-order chi connectivity index (χ0) is 23.7. The molecule has 0 amide bonds. The monoisotopic (exact) mass is 470 g/mol. The molecule has 1 atom stereocenters. The van der Waals surface area contributed by atoms with Crippen molar-refractivity contribution in [2.75, 3.05) is 32.7 Å². The van der Waals surface area contributed by atoms with Crippen LogP contribution in [0.15, 0.2) is 66.7 Å². The first kappa shape index (κ1) is 23.9. The maximum atomic E-state index is 4.62. The number of aryl methyl sites for hydroxylation is 1. The number of nitrogens with zero attached hydrogens (tertiary/aromatic N) is 6. The largest absolute Gasteiger partial charge is 0.297 e. The van der Waals surface area contributed by atoms with Crippen LogP contribution >= 0.6 is 0 Å². The van der Waals surface area contributed by atoms with Gasteiger partial charge in [0.05, 0.1) is 12.1 Å². The normalized spacial score (nSPS) is 19.3. The molecule has 6 nitrogen and oxygen atoms in total. The molecule has 2 aliphatic rings. The van der Waals surface area contributed by atoms with E-state index in [4.69, 9.17) is 0 Å². The van der Waals surface area contributed by atoms with E-state index >= 15 is 0 Å². The zero-order valence-corrected chi connectivity index (χ0v) is 20.8. The van der Waals surface area contributed by atoms with Crippen molar-refractivity contribution in [3.63, 3.8) is 0 Å². The van der Waals surface area contributed by atoms with Crippen molar-refractivity contribution in [2.45, 2.75) is 57.0 Å². The molecule has 0 bridgehead atoms. The molecule has 5 rings (SSSR count). The van der Waals surface area contributed by atoms with Gasteiger partial charge in [0, 0.05) is 32.7 Å². The van der Waals surface area contributed by atoms with E-state index in [-0.39, 0.29) is 6.04 Å². The minimum atomic E-state index is 0.258. The highest BCUT2D eigenvalue weighted by Crippen LogP contribution is 2.32. The molecule has 0 radical (unpaired) electrons. The molecule has 3 aromatic rings. The van der Waals surface area contributed by atoms with Crippen LogP contribution in [-0.2, 0) is 6.42 Å². The Morgan fingerprint density at radius 2 is 1.57 bits per heavy atom. The molecule has 2 fully saturated rings. The summed E-state index contributed by atoms with van der Waals surface area (Å²) >= 11 is 0. The highest BCUT2D eigenvalue weighted by atomic mass is 15.6. The second-order valence-corrected chi connectivity index (χ2v) is 9.96. The summed E-state index contributed by atoms with van der Waals surface area (Å²) < 4.78 is 2.18. The van der Waals surface area contributed by atoms with E-state index in [2.05, 4.69) is 103 Å². The number of benzene rings is 2. The lowest BCUT2D eigenvalue weighted by Gasteiger charge is -2.39. The molecule has 6 heteroatoms. The Kier molecular flexibility index (Phi) is 8.35. The van der Waals surface area contributed by atoms with E-state index in [0.717, 1.165) is 51.4 Å². The highest BCUT2D eigenvalue weighted by molar-refractivity contribution is 5.48. The van der Waals surface area contributed by atoms with Gasteiger partial charge in [0.25, 0.3) is 0 Å². The first-order valence-corrected chi connectivity index (χ1v) is 13.4. The Balaban J connectivity index is 1.25. The van der Waals surface area contributed by atoms with E-state index in [0.29, 0.717) is 6.04 Å². The van der Waals surface area contributed by atoms with Crippen LogP contribution in [0.2, 0.25) is 0 Å². The predicted octanol–water partition coefficient (Wildman–Crippen LogP) is 5.18. The number of aromatic nitrogens is 4. The molecule has 2 aromatic carbocycles. The van der Waals surface area contributed by atoms with Gasteiger partial charge in [-0.15, -0.1) is 5.10 Å². The molecule has 1 aromatic heterocycles. The summed E-state index contributed by atoms with van der Waals surface area (Å²) in [4.78, 5) is 5.18. The van der Waals surface area contributed by atoms with E-state index < -0.39 is 0 Å². The van der Waals surface area contributed by atoms with Crippen LogP contribution in [0.1, 0.15) is 67.6 Å². The lowest BCUT2D eigenvalue weighted by molar-refractivity contribution is 0.0907. The minimum Gasteiger partial charge on any atom is -0.297 e. The van der Waals surface area contributed by atoms with Crippen LogP contribution in [0, 0.1) is 0 Å². The zero-order valence-electron chi connectivity index (χ0n) is 20.8. The number of rotatable bonds is 9. The van der Waals surface area contributed by atoms with E-state index in [1.165, 1.54) is 43.2 Å². The first-order valence-electron chi connectivity index (χ1n) is 13.4. The standard InChI is InChI=1S/C29H38N6/c1-4-11-25(12-5-1)15-10-20-33-21-23-34(24-22-33)28(19-18-26-13-6-2-7-14-26)29-30-31-32-35(29)27-16-8-3-9-17-27/h1-2,4-7,10-15,27-28H,3,8-9,16-24H2/b15-10+. The average Bonchev–Trinajstić information content (AvgIpc) is 3.41. The minimum absolute atomic E-state index is 0.258. The summed E-state index contributed by atoms with van der Waals surface area (Å²) in [5, 5.41) is 13.3. The summed E-state index contributed by atoms with van der Waals surface area (Å²) in [6, 6.07) is 22.1. The second kappa shape index (κ2) is 12.2. The number of hydrogen-bond acceptors (Lipinski definition) is 5. The van der Waals surface area contributed by atoms with Crippen LogP contribution in [0.4, 0.5) is 0 Å². The number of piperazine rings is 1. The van der Waals surface area contributed by atoms with Gasteiger partial charge in [-0.1, -0.05) is 92.1 Å². The summed E-state index contributed by atoms with van der Waals surface area (Å²) in [7, 11) is 0. The van der Waals surface area contributed by atoms with Crippen molar-refractivity contribution >= 4 is 6.08 Å². The maximum absolute atomic E-state index is 4.62. The molecule has 2 heterocycles. The molecule has 1 saturated heterocycles. The SMILES string of the molecule is C(=C\c1ccccc1)/CN1CCN(C(CCc2ccccc2)c2nnnn2C2CCCCC2)CC1. The Labute approximate surface area is 209 Å². The second-order valence-electron chi connectivity index (χ2n) is 9.96. The van der Waals surface area contributed by atoms with Crippen molar-refractivity contribution in [1.82, 2.24) is 30.0 Å². The van der Waals surface area contributed by atoms with Crippen molar-refractivity contribution in [2.24, 2.45) is 0 Å². The Hall–Kier alpha value is -2.83. The van der Waals surface area contributed by atoms with Gasteiger partial charge in [-0.3, -0.25) is 9.80 Å². The lowest BCUT2D eigenvalue weighted by Crippen LogP contribution is -2.48. The summed E-state index contributed by atoms with van der Waals surface area (Å²) in [6.45, 7) is 5.25. The van der Waals surface area contributed by atoms with Gasteiger partial charge in [0.1, 0.15) is 0 Å². The molecule has 1 aliphatic carbocycles. The summed E-state index contributed by atoms with van der Waals surface area (Å²) in [5.74, 6) is 1.07. The van der Waals surface area contributed by atoms with Crippen molar-refractivity contribution in [3.8, 4) is 0 Å². The number of tetrazole rings is 1. The van der Waals surface area contributed by atoms with Gasteiger partial charge in [-0.2, -0.15) is 0 Å². The maximum Gasteiger partial charge on any atom is 0.168 e. The molecule has 35 heavy (non-hydrogen) atoms. The quantitative estimate of drug-likeness (QED) is 0.431. The molecule has 0 N–H and O–H groups in total. The fourth-order valence-electron chi connectivity index (χ4n) is 5.59. The first-order chi connectivity index (χ1) is 17.4. The van der Waals surface area contributed by atoms with Gasteiger partial charge in [0.2, 0.25) is 0 Å². The molecule has 184 valence electrons. The molecule has 0 spiro atoms. The van der Waals surface area contributed by atoms with E-state index in [1.54, 1.807) is 0 Å². The topological polar surface area (TPSA) is 50.1 Å². The third-order valence-corrected chi connectivity index (χ3v) is 7.61. The summed E-state index contributed by atoms with van der Waals surface area (Å²) in [5.41, 5.74) is 2.65. The van der Waals surface area contributed by atoms with Crippen molar-refractivity contribution < 1.29 is 0 Å². The van der Waals surface area contributed by atoms with Gasteiger partial charge in [-0.05, 0) is 47.2 Å². The smallest absolute Gasteiger partial charge is 0.168 e. The Morgan fingerprint density at radius 3 is 2.31 bits per heavy atom. The van der Waals surface area contributed by atoms with Gasteiger partial charge in [0.15, 0.2) is 5.82 Å². The van der Waals surface area contributed by atoms with Crippen molar-refractivity contribution in [3.05, 3.63) is 83.7 Å². The average molecular weight is 471 g/mol. The molecule has 1 unspecified atom stereocenters. The third-order valence-electron chi connectivity index (χ3n) is 7.61. The fourth-order valence-corrected chi connectivity index (χ4v) is 5.59. The predicted molar refractivity (Wildman–Crippen MR) is 141 cm³/mol. The van der Waals surface area contributed by atoms with Crippen molar-refractivity contribution in [1.29, 1.82) is 0 Å². The third kappa shape index (κ3) is 6.44. The number of hydrogen-bond donors (Lipinski definition) is 0. The Bertz CT molecular complexity index is 1030. The fraction of sp³-hybridized carbons (Fsp3) is 0.483. The highest BCUT2D eigenvalue weighted by Gasteiger charge is 2.31.